The minimum atomic E-state index is 0. The van der Waals surface area contributed by atoms with Gasteiger partial charge in [0, 0.05) is 50.6 Å². The molecule has 1 aliphatic heterocycles. The molecule has 24 heavy (non-hydrogen) atoms. The molecular formula is C17H30IN5S. The molecule has 0 bridgehead atoms. The van der Waals surface area contributed by atoms with Crippen LogP contribution in [-0.2, 0) is 6.42 Å². The summed E-state index contributed by atoms with van der Waals surface area (Å²) in [6, 6.07) is 1.37. The zero-order chi connectivity index (χ0) is 16.1. The van der Waals surface area contributed by atoms with E-state index in [9.17, 15) is 0 Å². The van der Waals surface area contributed by atoms with Crippen LogP contribution in [0.4, 0.5) is 0 Å². The molecule has 0 spiro atoms. The van der Waals surface area contributed by atoms with Crippen molar-refractivity contribution in [3.05, 3.63) is 16.1 Å². The van der Waals surface area contributed by atoms with Gasteiger partial charge in [0.25, 0.3) is 0 Å². The van der Waals surface area contributed by atoms with Crippen molar-refractivity contribution in [2.24, 2.45) is 4.99 Å². The monoisotopic (exact) mass is 463 g/mol. The van der Waals surface area contributed by atoms with Crippen LogP contribution in [0.1, 0.15) is 42.8 Å². The van der Waals surface area contributed by atoms with Crippen molar-refractivity contribution in [3.8, 4) is 0 Å². The largest absolute Gasteiger partial charge is 0.356 e. The molecule has 5 nitrogen and oxygen atoms in total. The Kier molecular flexibility index (Phi) is 8.22. The predicted molar refractivity (Wildman–Crippen MR) is 113 cm³/mol. The number of guanidine groups is 1. The van der Waals surface area contributed by atoms with Gasteiger partial charge in [-0.15, -0.1) is 35.3 Å². The maximum absolute atomic E-state index is 4.50. The van der Waals surface area contributed by atoms with Gasteiger partial charge in [-0.3, -0.25) is 9.89 Å². The van der Waals surface area contributed by atoms with Crippen molar-refractivity contribution in [2.75, 3.05) is 26.7 Å². The van der Waals surface area contributed by atoms with E-state index in [4.69, 9.17) is 0 Å². The second-order valence-electron chi connectivity index (χ2n) is 6.67. The summed E-state index contributed by atoms with van der Waals surface area (Å²) >= 11 is 1.72. The Morgan fingerprint density at radius 1 is 1.38 bits per heavy atom. The van der Waals surface area contributed by atoms with E-state index in [1.165, 1.54) is 44.3 Å². The summed E-state index contributed by atoms with van der Waals surface area (Å²) in [5.74, 6) is 0.926. The van der Waals surface area contributed by atoms with Crippen molar-refractivity contribution in [1.29, 1.82) is 0 Å². The third-order valence-corrected chi connectivity index (χ3v) is 5.79. The number of nitrogens with one attached hydrogen (secondary N) is 2. The molecule has 1 aliphatic carbocycles. The molecule has 0 amide bonds. The number of nitrogens with zero attached hydrogens (tertiary/aromatic N) is 3. The summed E-state index contributed by atoms with van der Waals surface area (Å²) in [7, 11) is 1.85. The van der Waals surface area contributed by atoms with Gasteiger partial charge in [-0.25, -0.2) is 4.98 Å². The Labute approximate surface area is 166 Å². The van der Waals surface area contributed by atoms with Crippen LogP contribution in [0.25, 0.3) is 0 Å². The molecule has 1 saturated heterocycles. The molecule has 1 unspecified atom stereocenters. The number of likely N-dealkylation sites (tertiary alicyclic amines) is 1. The molecule has 136 valence electrons. The van der Waals surface area contributed by atoms with Gasteiger partial charge in [-0.05, 0) is 26.2 Å². The highest BCUT2D eigenvalue weighted by molar-refractivity contribution is 14.0. The van der Waals surface area contributed by atoms with Crippen molar-refractivity contribution in [1.82, 2.24) is 20.5 Å². The van der Waals surface area contributed by atoms with Crippen LogP contribution in [-0.4, -0.2) is 54.6 Å². The second-order valence-corrected chi connectivity index (χ2v) is 7.73. The van der Waals surface area contributed by atoms with Crippen molar-refractivity contribution in [3.63, 3.8) is 0 Å². The number of thiazole rings is 1. The molecule has 2 heterocycles. The third-order valence-electron chi connectivity index (χ3n) is 4.97. The van der Waals surface area contributed by atoms with Gasteiger partial charge in [0.2, 0.25) is 0 Å². The Bertz CT molecular complexity index is 527. The van der Waals surface area contributed by atoms with E-state index < -0.39 is 0 Å². The maximum atomic E-state index is 4.50. The summed E-state index contributed by atoms with van der Waals surface area (Å²) in [5.41, 5.74) is 1.17. The number of hydrogen-bond donors (Lipinski definition) is 2. The van der Waals surface area contributed by atoms with Gasteiger partial charge in [0.1, 0.15) is 0 Å². The third kappa shape index (κ3) is 5.56. The van der Waals surface area contributed by atoms with Gasteiger partial charge < -0.3 is 10.6 Å². The van der Waals surface area contributed by atoms with Gasteiger partial charge in [-0.2, -0.15) is 0 Å². The van der Waals surface area contributed by atoms with Crippen molar-refractivity contribution < 1.29 is 0 Å². The van der Waals surface area contributed by atoms with E-state index >= 15 is 0 Å². The number of aliphatic imine (C=N–C) groups is 1. The quantitative estimate of drug-likeness (QED) is 0.401. The fourth-order valence-electron chi connectivity index (χ4n) is 3.73. The van der Waals surface area contributed by atoms with Crippen molar-refractivity contribution >= 4 is 41.3 Å². The lowest BCUT2D eigenvalue weighted by Gasteiger charge is -2.24. The summed E-state index contributed by atoms with van der Waals surface area (Å²) in [5, 5.41) is 10.3. The van der Waals surface area contributed by atoms with Crippen LogP contribution >= 0.6 is 35.3 Å². The zero-order valence-corrected chi connectivity index (χ0v) is 17.9. The van der Waals surface area contributed by atoms with E-state index in [1.807, 2.05) is 7.05 Å². The number of aryl methyl sites for hydroxylation is 1. The molecule has 1 atom stereocenters. The Hall–Kier alpha value is -0.410. The molecule has 0 aromatic carbocycles. The Morgan fingerprint density at radius 3 is 2.83 bits per heavy atom. The summed E-state index contributed by atoms with van der Waals surface area (Å²) < 4.78 is 0. The number of halogens is 1. The number of aromatic nitrogens is 1. The molecule has 1 aromatic heterocycles. The average Bonchev–Trinajstić information content (AvgIpc) is 3.27. The van der Waals surface area contributed by atoms with E-state index in [-0.39, 0.29) is 24.0 Å². The number of hydrogen-bond acceptors (Lipinski definition) is 4. The lowest BCUT2D eigenvalue weighted by molar-refractivity contribution is 0.242. The first-order valence-corrected chi connectivity index (χ1v) is 9.75. The normalized spacial score (nSPS) is 22.6. The fourth-order valence-corrected chi connectivity index (χ4v) is 4.37. The summed E-state index contributed by atoms with van der Waals surface area (Å²) in [4.78, 5) is 11.5. The predicted octanol–water partition coefficient (Wildman–Crippen LogP) is 2.79. The first-order valence-electron chi connectivity index (χ1n) is 8.87. The first kappa shape index (κ1) is 19.9. The van der Waals surface area contributed by atoms with Crippen LogP contribution in [0.2, 0.25) is 0 Å². The van der Waals surface area contributed by atoms with Gasteiger partial charge >= 0.3 is 0 Å². The van der Waals surface area contributed by atoms with E-state index in [1.54, 1.807) is 11.3 Å². The zero-order valence-electron chi connectivity index (χ0n) is 14.8. The van der Waals surface area contributed by atoms with Gasteiger partial charge in [0.05, 0.1) is 10.7 Å². The highest BCUT2D eigenvalue weighted by atomic mass is 127. The van der Waals surface area contributed by atoms with Gasteiger partial charge in [-0.1, -0.05) is 12.8 Å². The minimum absolute atomic E-state index is 0. The topological polar surface area (TPSA) is 52.6 Å². The van der Waals surface area contributed by atoms with Crippen LogP contribution in [0, 0.1) is 6.92 Å². The average molecular weight is 463 g/mol. The van der Waals surface area contributed by atoms with Crippen LogP contribution in [0.3, 0.4) is 0 Å². The standard InChI is InChI=1S/C17H29N5S.HI/c1-13-20-15(12-23-13)7-9-19-17(18-2)21-14-8-10-22(11-14)16-5-3-4-6-16;/h12,14,16H,3-11H2,1-2H3,(H2,18,19,21);1H. The maximum Gasteiger partial charge on any atom is 0.191 e. The van der Waals surface area contributed by atoms with Crippen molar-refractivity contribution in [2.45, 2.75) is 57.5 Å². The molecule has 0 radical (unpaired) electrons. The molecule has 2 fully saturated rings. The lowest BCUT2D eigenvalue weighted by atomic mass is 10.2. The van der Waals surface area contributed by atoms with E-state index in [0.717, 1.165) is 36.5 Å². The number of rotatable bonds is 5. The minimum Gasteiger partial charge on any atom is -0.356 e. The summed E-state index contributed by atoms with van der Waals surface area (Å²) in [6.07, 6.45) is 7.79. The smallest absolute Gasteiger partial charge is 0.191 e. The van der Waals surface area contributed by atoms with Gasteiger partial charge in [0.15, 0.2) is 5.96 Å². The van der Waals surface area contributed by atoms with Crippen LogP contribution < -0.4 is 10.6 Å². The molecule has 2 N–H and O–H groups in total. The highest BCUT2D eigenvalue weighted by Crippen LogP contribution is 2.26. The Balaban J connectivity index is 0.00000208. The molecule has 7 heteroatoms. The van der Waals surface area contributed by atoms with Crippen LogP contribution in [0.5, 0.6) is 0 Å². The fraction of sp³-hybridized carbons (Fsp3) is 0.765. The SMILES string of the molecule is CN=C(NCCc1csc(C)n1)NC1CCN(C2CCCC2)C1.I. The first-order chi connectivity index (χ1) is 11.2. The molecular weight excluding hydrogens is 433 g/mol. The lowest BCUT2D eigenvalue weighted by Crippen LogP contribution is -2.45. The molecule has 1 saturated carbocycles. The van der Waals surface area contributed by atoms with E-state index in [0.29, 0.717) is 6.04 Å². The molecule has 3 rings (SSSR count). The van der Waals surface area contributed by atoms with E-state index in [2.05, 4.69) is 37.8 Å². The molecule has 2 aliphatic rings. The van der Waals surface area contributed by atoms with Crippen LogP contribution in [0.15, 0.2) is 10.4 Å². The Morgan fingerprint density at radius 2 is 2.17 bits per heavy atom. The molecule has 1 aromatic rings. The highest BCUT2D eigenvalue weighted by Gasteiger charge is 2.30. The summed E-state index contributed by atoms with van der Waals surface area (Å²) in [6.45, 7) is 5.33. The second kappa shape index (κ2) is 9.91.